The Kier molecular flexibility index (Phi) is 15.1. The zero-order valence-corrected chi connectivity index (χ0v) is 21.0. The smallest absolute Gasteiger partial charge is 0.229 e. The van der Waals surface area contributed by atoms with Crippen molar-refractivity contribution in [3.05, 3.63) is 30.3 Å². The molecule has 0 aliphatic heterocycles. The van der Waals surface area contributed by atoms with Crippen LogP contribution in [0.25, 0.3) is 0 Å². The van der Waals surface area contributed by atoms with Gasteiger partial charge in [0.2, 0.25) is 0 Å². The van der Waals surface area contributed by atoms with Crippen molar-refractivity contribution in [3.8, 4) is 5.75 Å². The second kappa shape index (κ2) is 16.7. The Labute approximate surface area is 187 Å². The summed E-state index contributed by atoms with van der Waals surface area (Å²) in [7, 11) is -2.08. The average Bonchev–Trinajstić information content (AvgIpc) is 2.68. The van der Waals surface area contributed by atoms with Crippen LogP contribution >= 0.6 is 8.25 Å². The molecular formula is C26H46O3P+. The molecule has 30 heavy (non-hydrogen) atoms. The second-order valence-corrected chi connectivity index (χ2v) is 10.6. The van der Waals surface area contributed by atoms with E-state index in [9.17, 15) is 4.57 Å². The Bertz CT molecular complexity index is 546. The summed E-state index contributed by atoms with van der Waals surface area (Å²) in [6, 6.07) is 9.19. The molecule has 0 spiro atoms. The normalized spacial score (nSPS) is 15.1. The molecule has 0 bridgehead atoms. The van der Waals surface area contributed by atoms with Crippen LogP contribution < -0.4 is 4.52 Å². The fourth-order valence-electron chi connectivity index (χ4n) is 3.86. The Morgan fingerprint density at radius 1 is 0.700 bits per heavy atom. The van der Waals surface area contributed by atoms with Crippen molar-refractivity contribution in [2.24, 2.45) is 23.7 Å². The van der Waals surface area contributed by atoms with E-state index < -0.39 is 8.25 Å². The average molecular weight is 438 g/mol. The monoisotopic (exact) mass is 437 g/mol. The minimum Gasteiger partial charge on any atom is -0.229 e. The van der Waals surface area contributed by atoms with E-state index in [0.717, 1.165) is 24.2 Å². The van der Waals surface area contributed by atoms with E-state index in [-0.39, 0.29) is 0 Å². The summed E-state index contributed by atoms with van der Waals surface area (Å²) in [6.45, 7) is 12.2. The minimum atomic E-state index is -2.08. The van der Waals surface area contributed by atoms with Gasteiger partial charge in [0.05, 0.1) is 0 Å². The lowest BCUT2D eigenvalue weighted by atomic mass is 9.91. The van der Waals surface area contributed by atoms with Crippen molar-refractivity contribution < 1.29 is 13.6 Å². The molecule has 0 heterocycles. The third kappa shape index (κ3) is 15.0. The van der Waals surface area contributed by atoms with Crippen LogP contribution in [-0.4, -0.2) is 6.61 Å². The van der Waals surface area contributed by atoms with Crippen molar-refractivity contribution in [3.63, 3.8) is 0 Å². The molecule has 0 saturated heterocycles. The minimum absolute atomic E-state index is 0.494. The summed E-state index contributed by atoms with van der Waals surface area (Å²) in [5.41, 5.74) is 0. The van der Waals surface area contributed by atoms with E-state index in [0.29, 0.717) is 18.3 Å². The quantitative estimate of drug-likeness (QED) is 0.215. The van der Waals surface area contributed by atoms with Gasteiger partial charge in [-0.25, -0.2) is 4.52 Å². The van der Waals surface area contributed by atoms with E-state index in [1.54, 1.807) is 12.1 Å². The molecule has 0 aromatic heterocycles. The standard InChI is InChI=1S/C26H46O3P/c1-22(2)12-9-13-23(3)14-10-15-24(4)16-11-17-25(5)20-21-28-30(27)29-26-18-7-6-8-19-26/h6-8,18-19,22-25H,9-17,20-21H2,1-5H3/q+1/t23-,24-,25?/m0/s1. The Hall–Kier alpha value is -0.920. The summed E-state index contributed by atoms with van der Waals surface area (Å²) in [5.74, 6) is 3.74. The van der Waals surface area contributed by atoms with Crippen LogP contribution in [-0.2, 0) is 9.09 Å². The van der Waals surface area contributed by atoms with Crippen LogP contribution in [0.3, 0.4) is 0 Å². The zero-order chi connectivity index (χ0) is 22.2. The van der Waals surface area contributed by atoms with Gasteiger partial charge >= 0.3 is 8.25 Å². The molecule has 1 aromatic carbocycles. The lowest BCUT2D eigenvalue weighted by Gasteiger charge is -2.16. The van der Waals surface area contributed by atoms with Crippen molar-refractivity contribution in [2.45, 2.75) is 98.8 Å². The molecule has 0 aliphatic rings. The lowest BCUT2D eigenvalue weighted by molar-refractivity contribution is 0.256. The molecule has 0 fully saturated rings. The van der Waals surface area contributed by atoms with Crippen molar-refractivity contribution in [2.75, 3.05) is 6.61 Å². The fraction of sp³-hybridized carbons (Fsp3) is 0.769. The van der Waals surface area contributed by atoms with Gasteiger partial charge in [0.1, 0.15) is 6.61 Å². The summed E-state index contributed by atoms with van der Waals surface area (Å²) in [5, 5.41) is 0. The Morgan fingerprint density at radius 2 is 1.17 bits per heavy atom. The molecule has 0 amide bonds. The third-order valence-electron chi connectivity index (χ3n) is 6.00. The maximum absolute atomic E-state index is 11.8. The molecule has 0 N–H and O–H groups in total. The molecule has 172 valence electrons. The molecular weight excluding hydrogens is 391 g/mol. The van der Waals surface area contributed by atoms with Gasteiger partial charge in [-0.2, -0.15) is 0 Å². The maximum Gasteiger partial charge on any atom is 0.750 e. The van der Waals surface area contributed by atoms with Gasteiger partial charge in [0.15, 0.2) is 5.75 Å². The van der Waals surface area contributed by atoms with Crippen molar-refractivity contribution >= 4 is 8.25 Å². The highest BCUT2D eigenvalue weighted by molar-refractivity contribution is 7.33. The molecule has 1 rings (SSSR count). The predicted octanol–water partition coefficient (Wildman–Crippen LogP) is 9.20. The van der Waals surface area contributed by atoms with Crippen LogP contribution in [0.5, 0.6) is 5.75 Å². The molecule has 1 aromatic rings. The third-order valence-corrected chi connectivity index (χ3v) is 6.75. The largest absolute Gasteiger partial charge is 0.750 e. The van der Waals surface area contributed by atoms with Crippen LogP contribution in [0.15, 0.2) is 30.3 Å². The predicted molar refractivity (Wildman–Crippen MR) is 129 cm³/mol. The highest BCUT2D eigenvalue weighted by Crippen LogP contribution is 2.28. The van der Waals surface area contributed by atoms with E-state index >= 15 is 0 Å². The molecule has 4 heteroatoms. The van der Waals surface area contributed by atoms with Gasteiger partial charge in [-0.1, -0.05) is 111 Å². The van der Waals surface area contributed by atoms with Gasteiger partial charge in [-0.15, -0.1) is 4.52 Å². The van der Waals surface area contributed by atoms with Crippen LogP contribution in [0.4, 0.5) is 0 Å². The zero-order valence-electron chi connectivity index (χ0n) is 20.1. The molecule has 0 saturated carbocycles. The summed E-state index contributed by atoms with van der Waals surface area (Å²) >= 11 is 0. The number of para-hydroxylation sites is 1. The fourth-order valence-corrected chi connectivity index (χ4v) is 4.46. The lowest BCUT2D eigenvalue weighted by Crippen LogP contribution is -2.03. The van der Waals surface area contributed by atoms with E-state index in [1.165, 1.54) is 57.8 Å². The Balaban J connectivity index is 1.99. The number of hydrogen-bond acceptors (Lipinski definition) is 3. The van der Waals surface area contributed by atoms with Crippen molar-refractivity contribution in [1.29, 1.82) is 0 Å². The molecule has 2 unspecified atom stereocenters. The van der Waals surface area contributed by atoms with E-state index in [1.807, 2.05) is 18.2 Å². The summed E-state index contributed by atoms with van der Waals surface area (Å²) in [4.78, 5) is 0. The van der Waals surface area contributed by atoms with Gasteiger partial charge in [0, 0.05) is 4.57 Å². The topological polar surface area (TPSA) is 35.5 Å². The first-order valence-corrected chi connectivity index (χ1v) is 13.3. The number of hydrogen-bond donors (Lipinski definition) is 0. The van der Waals surface area contributed by atoms with Gasteiger partial charge in [-0.05, 0) is 42.2 Å². The highest BCUT2D eigenvalue weighted by atomic mass is 31.1. The molecule has 0 aliphatic carbocycles. The van der Waals surface area contributed by atoms with Crippen LogP contribution in [0.2, 0.25) is 0 Å². The molecule has 4 atom stereocenters. The SMILES string of the molecule is CC(C)CCC[C@H](C)CCC[C@H](C)CCCC(C)CCO[P+](=O)Oc1ccccc1. The summed E-state index contributed by atoms with van der Waals surface area (Å²) in [6.07, 6.45) is 13.0. The van der Waals surface area contributed by atoms with Gasteiger partial charge in [0.25, 0.3) is 0 Å². The second-order valence-electron chi connectivity index (χ2n) is 9.75. The number of benzene rings is 1. The number of rotatable bonds is 18. The van der Waals surface area contributed by atoms with Gasteiger partial charge in [-0.3, -0.25) is 0 Å². The molecule has 3 nitrogen and oxygen atoms in total. The molecule has 0 radical (unpaired) electrons. The maximum atomic E-state index is 11.8. The first-order valence-electron chi connectivity index (χ1n) is 12.2. The van der Waals surface area contributed by atoms with E-state index in [4.69, 9.17) is 9.05 Å². The van der Waals surface area contributed by atoms with E-state index in [2.05, 4.69) is 34.6 Å². The summed E-state index contributed by atoms with van der Waals surface area (Å²) < 4.78 is 22.5. The first-order chi connectivity index (χ1) is 14.4. The van der Waals surface area contributed by atoms with Crippen molar-refractivity contribution in [1.82, 2.24) is 0 Å². The van der Waals surface area contributed by atoms with Crippen LogP contribution in [0.1, 0.15) is 98.8 Å². The highest BCUT2D eigenvalue weighted by Gasteiger charge is 2.22. The van der Waals surface area contributed by atoms with Gasteiger partial charge < -0.3 is 0 Å². The van der Waals surface area contributed by atoms with Crippen LogP contribution in [0, 0.1) is 23.7 Å². The first kappa shape index (κ1) is 27.1. The Morgan fingerprint density at radius 3 is 1.67 bits per heavy atom.